The molecule has 1 rings (SSSR count). The second-order valence-electron chi connectivity index (χ2n) is 5.01. The quantitative estimate of drug-likeness (QED) is 0.551. The number of thiocarbonyl (C=S) groups is 1. The van der Waals surface area contributed by atoms with Crippen LogP contribution in [0.15, 0.2) is 0 Å². The van der Waals surface area contributed by atoms with Gasteiger partial charge in [0.15, 0.2) is 0 Å². The summed E-state index contributed by atoms with van der Waals surface area (Å²) in [6, 6.07) is -0.675. The minimum Gasteiger partial charge on any atom is -0.393 e. The maximum absolute atomic E-state index is 12.1. The average Bonchev–Trinajstić information content (AvgIpc) is 2.29. The summed E-state index contributed by atoms with van der Waals surface area (Å²) in [6.07, 6.45) is 0.558. The van der Waals surface area contributed by atoms with Gasteiger partial charge < -0.3 is 11.1 Å². The van der Waals surface area contributed by atoms with Gasteiger partial charge >= 0.3 is 0 Å². The van der Waals surface area contributed by atoms with E-state index in [2.05, 4.69) is 5.32 Å². The lowest BCUT2D eigenvalue weighted by Crippen LogP contribution is -2.55. The fourth-order valence-electron chi connectivity index (χ4n) is 2.07. The zero-order valence-electron chi connectivity index (χ0n) is 11.3. The molecule has 6 nitrogen and oxygen atoms in total. The number of rotatable bonds is 4. The lowest BCUT2D eigenvalue weighted by atomic mass is 9.94. The summed E-state index contributed by atoms with van der Waals surface area (Å²) in [5, 5.41) is 2.63. The van der Waals surface area contributed by atoms with E-state index in [1.807, 2.05) is 13.8 Å². The summed E-state index contributed by atoms with van der Waals surface area (Å²) < 4.78 is 0. The van der Waals surface area contributed by atoms with Crippen molar-refractivity contribution in [1.29, 1.82) is 0 Å². The number of imide groups is 1. The van der Waals surface area contributed by atoms with E-state index in [1.165, 1.54) is 7.05 Å². The highest BCUT2D eigenvalue weighted by Gasteiger charge is 2.35. The molecule has 0 saturated carbocycles. The summed E-state index contributed by atoms with van der Waals surface area (Å²) in [4.78, 5) is 36.4. The number of amides is 3. The molecule has 0 aromatic rings. The molecule has 106 valence electrons. The molecule has 0 radical (unpaired) electrons. The number of likely N-dealkylation sites (N-methyl/N-ethyl adjacent to an activating group) is 1. The highest BCUT2D eigenvalue weighted by atomic mass is 32.1. The molecule has 2 atom stereocenters. The van der Waals surface area contributed by atoms with Crippen LogP contribution < -0.4 is 11.1 Å². The molecule has 1 saturated heterocycles. The van der Waals surface area contributed by atoms with Gasteiger partial charge in [0, 0.05) is 13.5 Å². The summed E-state index contributed by atoms with van der Waals surface area (Å²) in [6.45, 7) is 3.67. The monoisotopic (exact) mass is 285 g/mol. The van der Waals surface area contributed by atoms with Gasteiger partial charge in [0.1, 0.15) is 6.04 Å². The van der Waals surface area contributed by atoms with Crippen LogP contribution in [0.5, 0.6) is 0 Å². The first-order valence-electron chi connectivity index (χ1n) is 6.15. The van der Waals surface area contributed by atoms with Gasteiger partial charge in [-0.15, -0.1) is 0 Å². The lowest BCUT2D eigenvalue weighted by molar-refractivity contribution is -0.149. The first-order valence-corrected chi connectivity index (χ1v) is 6.56. The van der Waals surface area contributed by atoms with E-state index < -0.39 is 17.9 Å². The van der Waals surface area contributed by atoms with Crippen molar-refractivity contribution in [1.82, 2.24) is 10.2 Å². The van der Waals surface area contributed by atoms with Crippen molar-refractivity contribution < 1.29 is 14.4 Å². The van der Waals surface area contributed by atoms with E-state index in [0.29, 0.717) is 6.42 Å². The largest absolute Gasteiger partial charge is 0.393 e. The summed E-state index contributed by atoms with van der Waals surface area (Å²) in [5.41, 5.74) is 5.55. The predicted molar refractivity (Wildman–Crippen MR) is 74.1 cm³/mol. The average molecular weight is 285 g/mol. The normalized spacial score (nSPS) is 21.5. The van der Waals surface area contributed by atoms with Gasteiger partial charge in [0.25, 0.3) is 5.91 Å². The zero-order chi connectivity index (χ0) is 14.7. The Kier molecular flexibility index (Phi) is 4.99. The van der Waals surface area contributed by atoms with Crippen LogP contribution in [0.3, 0.4) is 0 Å². The van der Waals surface area contributed by atoms with Crippen LogP contribution in [0.1, 0.15) is 26.7 Å². The van der Waals surface area contributed by atoms with Crippen LogP contribution in [0.2, 0.25) is 0 Å². The van der Waals surface area contributed by atoms with Crippen LogP contribution in [-0.4, -0.2) is 40.7 Å². The number of nitrogens with zero attached hydrogens (tertiary/aromatic N) is 1. The number of nitrogens with one attached hydrogen (secondary N) is 1. The van der Waals surface area contributed by atoms with E-state index >= 15 is 0 Å². The topological polar surface area (TPSA) is 92.5 Å². The van der Waals surface area contributed by atoms with Crippen molar-refractivity contribution >= 4 is 34.9 Å². The Hall–Kier alpha value is -1.50. The third-order valence-electron chi connectivity index (χ3n) is 3.22. The fourth-order valence-corrected chi connectivity index (χ4v) is 2.45. The Morgan fingerprint density at radius 2 is 2.05 bits per heavy atom. The molecule has 1 aliphatic heterocycles. The maximum Gasteiger partial charge on any atom is 0.251 e. The van der Waals surface area contributed by atoms with E-state index in [9.17, 15) is 14.4 Å². The second-order valence-corrected chi connectivity index (χ2v) is 5.49. The molecule has 7 heteroatoms. The Balaban J connectivity index is 2.74. The Bertz CT molecular complexity index is 422. The lowest BCUT2D eigenvalue weighted by Gasteiger charge is -2.29. The molecule has 2 unspecified atom stereocenters. The minimum atomic E-state index is -0.675. The molecule has 3 amide bonds. The van der Waals surface area contributed by atoms with E-state index in [0.717, 1.165) is 4.90 Å². The summed E-state index contributed by atoms with van der Waals surface area (Å²) >= 11 is 4.88. The second kappa shape index (κ2) is 6.10. The number of carbonyl (C=O) groups is 3. The SMILES string of the molecule is CC(C)C(C(=O)NC1CCC(=O)N(C)C1=O)C(N)=S. The maximum atomic E-state index is 12.1. The molecule has 0 aromatic carbocycles. The first kappa shape index (κ1) is 15.6. The van der Waals surface area contributed by atoms with Crippen molar-refractivity contribution in [2.45, 2.75) is 32.7 Å². The Labute approximate surface area is 117 Å². The molecule has 1 aliphatic rings. The number of piperidine rings is 1. The summed E-state index contributed by atoms with van der Waals surface area (Å²) in [7, 11) is 1.41. The number of likely N-dealkylation sites (tertiary alicyclic amines) is 1. The van der Waals surface area contributed by atoms with E-state index in [1.54, 1.807) is 0 Å². The molecule has 1 fully saturated rings. The van der Waals surface area contributed by atoms with Crippen molar-refractivity contribution in [2.75, 3.05) is 7.05 Å². The smallest absolute Gasteiger partial charge is 0.251 e. The molecule has 0 spiro atoms. The van der Waals surface area contributed by atoms with Gasteiger partial charge in [-0.2, -0.15) is 0 Å². The standard InChI is InChI=1S/C12H19N3O3S/c1-6(2)9(10(13)19)11(17)14-7-4-5-8(16)15(3)12(7)18/h6-7,9H,4-5H2,1-3H3,(H2,13,19)(H,14,17). The highest BCUT2D eigenvalue weighted by Crippen LogP contribution is 2.15. The molecular weight excluding hydrogens is 266 g/mol. The van der Waals surface area contributed by atoms with Gasteiger partial charge in [-0.25, -0.2) is 0 Å². The van der Waals surface area contributed by atoms with Crippen molar-refractivity contribution in [2.24, 2.45) is 17.6 Å². The van der Waals surface area contributed by atoms with Crippen LogP contribution in [0, 0.1) is 11.8 Å². The fraction of sp³-hybridized carbons (Fsp3) is 0.667. The zero-order valence-corrected chi connectivity index (χ0v) is 12.1. The van der Waals surface area contributed by atoms with Crippen LogP contribution >= 0.6 is 12.2 Å². The number of carbonyl (C=O) groups excluding carboxylic acids is 3. The van der Waals surface area contributed by atoms with E-state index in [4.69, 9.17) is 18.0 Å². The van der Waals surface area contributed by atoms with Crippen molar-refractivity contribution in [3.05, 3.63) is 0 Å². The van der Waals surface area contributed by atoms with Crippen molar-refractivity contribution in [3.63, 3.8) is 0 Å². The number of hydrogen-bond acceptors (Lipinski definition) is 4. The molecule has 1 heterocycles. The number of nitrogens with two attached hydrogens (primary N) is 1. The number of hydrogen-bond donors (Lipinski definition) is 2. The summed E-state index contributed by atoms with van der Waals surface area (Å²) in [5.74, 6) is -1.63. The molecule has 0 aliphatic carbocycles. The molecule has 3 N–H and O–H groups in total. The van der Waals surface area contributed by atoms with Crippen LogP contribution in [0.4, 0.5) is 0 Å². The highest BCUT2D eigenvalue weighted by molar-refractivity contribution is 7.80. The Morgan fingerprint density at radius 1 is 1.47 bits per heavy atom. The minimum absolute atomic E-state index is 0.0458. The van der Waals surface area contributed by atoms with Crippen molar-refractivity contribution in [3.8, 4) is 0 Å². The molecule has 0 aromatic heterocycles. The van der Waals surface area contributed by atoms with Gasteiger partial charge in [-0.3, -0.25) is 19.3 Å². The van der Waals surface area contributed by atoms with Gasteiger partial charge in [-0.1, -0.05) is 26.1 Å². The Morgan fingerprint density at radius 3 is 2.53 bits per heavy atom. The molecule has 19 heavy (non-hydrogen) atoms. The molecule has 0 bridgehead atoms. The van der Waals surface area contributed by atoms with Gasteiger partial charge in [-0.05, 0) is 12.3 Å². The van der Waals surface area contributed by atoms with E-state index in [-0.39, 0.29) is 29.1 Å². The van der Waals surface area contributed by atoms with Gasteiger partial charge in [0.2, 0.25) is 11.8 Å². The van der Waals surface area contributed by atoms with Gasteiger partial charge in [0.05, 0.1) is 10.9 Å². The third-order valence-corrected chi connectivity index (χ3v) is 3.48. The van der Waals surface area contributed by atoms with Crippen LogP contribution in [0.25, 0.3) is 0 Å². The predicted octanol–water partition coefficient (Wildman–Crippen LogP) is -0.192. The van der Waals surface area contributed by atoms with Crippen LogP contribution in [-0.2, 0) is 14.4 Å². The first-order chi connectivity index (χ1) is 8.75. The third kappa shape index (κ3) is 3.50. The molecular formula is C12H19N3O3S.